The SMILES string of the molecule is Cc1cc(Br)cc(C)c1OC(C)C(=O)N1CCCC(C(=O)O)C1. The first kappa shape index (κ1) is 17.8. The summed E-state index contributed by atoms with van der Waals surface area (Å²) in [5.74, 6) is -0.759. The van der Waals surface area contributed by atoms with Crippen LogP contribution in [0.15, 0.2) is 16.6 Å². The standard InChI is InChI=1S/C17H22BrNO4/c1-10-7-14(18)8-11(2)15(10)23-12(3)16(20)19-6-4-5-13(9-19)17(21)22/h7-8,12-13H,4-6,9H2,1-3H3,(H,21,22). The van der Waals surface area contributed by atoms with Crippen molar-refractivity contribution in [2.75, 3.05) is 13.1 Å². The number of aliphatic carboxylic acids is 1. The molecular formula is C17H22BrNO4. The third kappa shape index (κ3) is 4.25. The highest BCUT2D eigenvalue weighted by molar-refractivity contribution is 9.10. The number of carboxylic acids is 1. The number of rotatable bonds is 4. The lowest BCUT2D eigenvalue weighted by Gasteiger charge is -2.32. The smallest absolute Gasteiger partial charge is 0.308 e. The van der Waals surface area contributed by atoms with E-state index in [1.54, 1.807) is 11.8 Å². The average molecular weight is 384 g/mol. The molecule has 1 amide bonds. The van der Waals surface area contributed by atoms with Crippen LogP contribution in [-0.2, 0) is 9.59 Å². The number of hydrogen-bond acceptors (Lipinski definition) is 3. The zero-order chi connectivity index (χ0) is 17.1. The first-order valence-electron chi connectivity index (χ1n) is 7.74. The number of carbonyl (C=O) groups is 2. The summed E-state index contributed by atoms with van der Waals surface area (Å²) in [5.41, 5.74) is 1.91. The molecule has 0 spiro atoms. The Morgan fingerprint density at radius 2 is 1.96 bits per heavy atom. The number of benzene rings is 1. The molecular weight excluding hydrogens is 362 g/mol. The van der Waals surface area contributed by atoms with Crippen LogP contribution in [0.3, 0.4) is 0 Å². The Balaban J connectivity index is 2.07. The van der Waals surface area contributed by atoms with Gasteiger partial charge in [0.2, 0.25) is 0 Å². The summed E-state index contributed by atoms with van der Waals surface area (Å²) in [6.07, 6.45) is 0.700. The molecule has 1 saturated heterocycles. The average Bonchev–Trinajstić information content (AvgIpc) is 2.50. The van der Waals surface area contributed by atoms with Crippen molar-refractivity contribution in [3.8, 4) is 5.75 Å². The van der Waals surface area contributed by atoms with E-state index in [1.165, 1.54) is 0 Å². The van der Waals surface area contributed by atoms with Crippen molar-refractivity contribution in [1.29, 1.82) is 0 Å². The highest BCUT2D eigenvalue weighted by atomic mass is 79.9. The zero-order valence-electron chi connectivity index (χ0n) is 13.6. The maximum Gasteiger partial charge on any atom is 0.308 e. The van der Waals surface area contributed by atoms with Crippen LogP contribution in [0.4, 0.5) is 0 Å². The van der Waals surface area contributed by atoms with Gasteiger partial charge in [-0.2, -0.15) is 0 Å². The summed E-state index contributed by atoms with van der Waals surface area (Å²) >= 11 is 3.44. The number of likely N-dealkylation sites (tertiary alicyclic amines) is 1. The van der Waals surface area contributed by atoms with E-state index in [0.29, 0.717) is 25.1 Å². The highest BCUT2D eigenvalue weighted by Crippen LogP contribution is 2.28. The molecule has 0 bridgehead atoms. The van der Waals surface area contributed by atoms with Crippen molar-refractivity contribution in [3.05, 3.63) is 27.7 Å². The summed E-state index contributed by atoms with van der Waals surface area (Å²) in [4.78, 5) is 25.3. The number of hydrogen-bond donors (Lipinski definition) is 1. The molecule has 1 fully saturated rings. The third-order valence-electron chi connectivity index (χ3n) is 4.15. The molecule has 1 N–H and O–H groups in total. The highest BCUT2D eigenvalue weighted by Gasteiger charge is 2.31. The van der Waals surface area contributed by atoms with Crippen LogP contribution in [0.2, 0.25) is 0 Å². The molecule has 6 heteroatoms. The number of aryl methyl sites for hydroxylation is 2. The second kappa shape index (κ2) is 7.34. The molecule has 1 aromatic rings. The van der Waals surface area contributed by atoms with Gasteiger partial charge in [0.25, 0.3) is 5.91 Å². The van der Waals surface area contributed by atoms with Crippen LogP contribution in [0.1, 0.15) is 30.9 Å². The second-order valence-corrected chi connectivity index (χ2v) is 7.01. The normalized spacial score (nSPS) is 19.3. The van der Waals surface area contributed by atoms with E-state index in [2.05, 4.69) is 15.9 Å². The summed E-state index contributed by atoms with van der Waals surface area (Å²) < 4.78 is 6.85. The Labute approximate surface area is 144 Å². The molecule has 1 aliphatic rings. The zero-order valence-corrected chi connectivity index (χ0v) is 15.2. The van der Waals surface area contributed by atoms with Crippen LogP contribution < -0.4 is 4.74 Å². The van der Waals surface area contributed by atoms with Crippen LogP contribution >= 0.6 is 15.9 Å². The number of nitrogens with zero attached hydrogens (tertiary/aromatic N) is 1. The van der Waals surface area contributed by atoms with E-state index in [0.717, 1.165) is 15.6 Å². The van der Waals surface area contributed by atoms with Crippen molar-refractivity contribution in [2.24, 2.45) is 5.92 Å². The minimum absolute atomic E-state index is 0.155. The molecule has 2 atom stereocenters. The minimum atomic E-state index is -0.837. The van der Waals surface area contributed by atoms with E-state index < -0.39 is 18.0 Å². The fourth-order valence-electron chi connectivity index (χ4n) is 2.95. The van der Waals surface area contributed by atoms with E-state index in [9.17, 15) is 9.59 Å². The number of carbonyl (C=O) groups excluding carboxylic acids is 1. The van der Waals surface area contributed by atoms with Crippen LogP contribution in [-0.4, -0.2) is 41.1 Å². The maximum atomic E-state index is 12.6. The fraction of sp³-hybridized carbons (Fsp3) is 0.529. The Morgan fingerprint density at radius 3 is 2.52 bits per heavy atom. The van der Waals surface area contributed by atoms with Gasteiger partial charge >= 0.3 is 5.97 Å². The summed E-state index contributed by atoms with van der Waals surface area (Å²) in [5, 5.41) is 9.14. The quantitative estimate of drug-likeness (QED) is 0.866. The lowest BCUT2D eigenvalue weighted by molar-refractivity contribution is -0.147. The molecule has 0 radical (unpaired) electrons. The van der Waals surface area contributed by atoms with Gasteiger partial charge in [-0.25, -0.2) is 0 Å². The fourth-order valence-corrected chi connectivity index (χ4v) is 3.63. The van der Waals surface area contributed by atoms with Gasteiger partial charge in [0, 0.05) is 17.6 Å². The topological polar surface area (TPSA) is 66.8 Å². The van der Waals surface area contributed by atoms with Crippen LogP contribution in [0, 0.1) is 19.8 Å². The molecule has 1 aliphatic heterocycles. The van der Waals surface area contributed by atoms with Gasteiger partial charge in [0.1, 0.15) is 5.75 Å². The second-order valence-electron chi connectivity index (χ2n) is 6.09. The summed E-state index contributed by atoms with van der Waals surface area (Å²) in [7, 11) is 0. The van der Waals surface area contributed by atoms with Gasteiger partial charge in [-0.3, -0.25) is 9.59 Å². The first-order chi connectivity index (χ1) is 10.8. The number of carboxylic acid groups (broad SMARTS) is 1. The lowest BCUT2D eigenvalue weighted by Crippen LogP contribution is -2.47. The summed E-state index contributed by atoms with van der Waals surface area (Å²) in [6.45, 7) is 6.44. The number of ether oxygens (including phenoxy) is 1. The lowest BCUT2D eigenvalue weighted by atomic mass is 9.98. The van der Waals surface area contributed by atoms with E-state index in [-0.39, 0.29) is 12.5 Å². The van der Waals surface area contributed by atoms with Gasteiger partial charge in [-0.15, -0.1) is 0 Å². The summed E-state index contributed by atoms with van der Waals surface area (Å²) in [6, 6.07) is 3.89. The van der Waals surface area contributed by atoms with Gasteiger partial charge < -0.3 is 14.7 Å². The number of halogens is 1. The molecule has 0 aliphatic carbocycles. The van der Waals surface area contributed by atoms with Gasteiger partial charge in [-0.1, -0.05) is 15.9 Å². The molecule has 2 unspecified atom stereocenters. The molecule has 1 heterocycles. The maximum absolute atomic E-state index is 12.6. The third-order valence-corrected chi connectivity index (χ3v) is 4.61. The predicted molar refractivity (Wildman–Crippen MR) is 90.6 cm³/mol. The first-order valence-corrected chi connectivity index (χ1v) is 8.54. The van der Waals surface area contributed by atoms with Crippen LogP contribution in [0.5, 0.6) is 5.75 Å². The van der Waals surface area contributed by atoms with Gasteiger partial charge in [-0.05, 0) is 56.9 Å². The molecule has 0 aromatic heterocycles. The Bertz CT molecular complexity index is 594. The Morgan fingerprint density at radius 1 is 1.35 bits per heavy atom. The predicted octanol–water partition coefficient (Wildman–Crippen LogP) is 3.16. The Hall–Kier alpha value is -1.56. The molecule has 2 rings (SSSR count). The van der Waals surface area contributed by atoms with Gasteiger partial charge in [0.05, 0.1) is 5.92 Å². The largest absolute Gasteiger partial charge is 0.481 e. The van der Waals surface area contributed by atoms with Crippen molar-refractivity contribution in [1.82, 2.24) is 4.90 Å². The van der Waals surface area contributed by atoms with Crippen molar-refractivity contribution < 1.29 is 19.4 Å². The Kier molecular flexibility index (Phi) is 5.68. The molecule has 0 saturated carbocycles. The van der Waals surface area contributed by atoms with Crippen molar-refractivity contribution in [2.45, 2.75) is 39.7 Å². The monoisotopic (exact) mass is 383 g/mol. The van der Waals surface area contributed by atoms with Crippen molar-refractivity contribution in [3.63, 3.8) is 0 Å². The molecule has 126 valence electrons. The van der Waals surface area contributed by atoms with Gasteiger partial charge in [0.15, 0.2) is 6.10 Å². The molecule has 1 aromatic carbocycles. The molecule has 5 nitrogen and oxygen atoms in total. The van der Waals surface area contributed by atoms with E-state index >= 15 is 0 Å². The van der Waals surface area contributed by atoms with Crippen molar-refractivity contribution >= 4 is 27.8 Å². The number of amides is 1. The van der Waals surface area contributed by atoms with Crippen LogP contribution in [0.25, 0.3) is 0 Å². The molecule has 23 heavy (non-hydrogen) atoms. The number of piperidine rings is 1. The minimum Gasteiger partial charge on any atom is -0.481 e. The van der Waals surface area contributed by atoms with E-state index in [1.807, 2.05) is 26.0 Å². The van der Waals surface area contributed by atoms with E-state index in [4.69, 9.17) is 9.84 Å².